The Morgan fingerprint density at radius 2 is 1.72 bits per heavy atom. The second kappa shape index (κ2) is 8.13. The molecule has 2 aliphatic rings. The van der Waals surface area contributed by atoms with Gasteiger partial charge in [-0.15, -0.1) is 0 Å². The summed E-state index contributed by atoms with van der Waals surface area (Å²) in [4.78, 5) is 11.3. The summed E-state index contributed by atoms with van der Waals surface area (Å²) < 4.78 is 15.7. The van der Waals surface area contributed by atoms with E-state index >= 15 is 0 Å². The zero-order valence-electron chi connectivity index (χ0n) is 19.3. The molecule has 36 heavy (non-hydrogen) atoms. The highest BCUT2D eigenvalue weighted by atomic mass is 19.1. The minimum absolute atomic E-state index is 0.412. The second-order valence-electron chi connectivity index (χ2n) is 9.39. The first-order valence-electron chi connectivity index (χ1n) is 12.0. The molecular weight excluding hydrogens is 455 g/mol. The Balaban J connectivity index is 1.37. The van der Waals surface area contributed by atoms with Crippen LogP contribution in [0, 0.1) is 5.82 Å². The van der Waals surface area contributed by atoms with E-state index in [4.69, 9.17) is 5.10 Å². The van der Waals surface area contributed by atoms with Gasteiger partial charge in [-0.05, 0) is 54.4 Å². The fraction of sp³-hybridized carbons (Fsp3) is 0.179. The molecule has 0 aliphatic carbocycles. The summed E-state index contributed by atoms with van der Waals surface area (Å²) >= 11 is 0. The molecule has 7 nitrogen and oxygen atoms in total. The van der Waals surface area contributed by atoms with Crippen molar-refractivity contribution in [1.82, 2.24) is 24.9 Å². The van der Waals surface area contributed by atoms with Crippen LogP contribution in [0.25, 0.3) is 39.3 Å². The zero-order valence-corrected chi connectivity index (χ0v) is 19.3. The molecule has 0 amide bonds. The number of aromatic nitrogens is 4. The highest BCUT2D eigenvalue weighted by Gasteiger charge is 2.37. The van der Waals surface area contributed by atoms with Gasteiger partial charge < -0.3 is 15.3 Å². The Morgan fingerprint density at radius 1 is 0.917 bits per heavy atom. The van der Waals surface area contributed by atoms with Crippen molar-refractivity contribution in [2.45, 2.75) is 18.5 Å². The highest BCUT2D eigenvalue weighted by molar-refractivity contribution is 5.91. The summed E-state index contributed by atoms with van der Waals surface area (Å²) in [6.45, 7) is 2.09. The van der Waals surface area contributed by atoms with Crippen molar-refractivity contribution in [2.75, 3.05) is 18.0 Å². The van der Waals surface area contributed by atoms with Gasteiger partial charge in [-0.3, -0.25) is 4.98 Å². The third-order valence-corrected chi connectivity index (χ3v) is 7.26. The molecule has 2 aliphatic heterocycles. The van der Waals surface area contributed by atoms with E-state index in [1.54, 1.807) is 24.7 Å². The van der Waals surface area contributed by atoms with Crippen molar-refractivity contribution in [1.29, 1.82) is 0 Å². The van der Waals surface area contributed by atoms with Gasteiger partial charge >= 0.3 is 0 Å². The summed E-state index contributed by atoms with van der Waals surface area (Å²) in [5.74, 6) is -1.08. The van der Waals surface area contributed by atoms with Gasteiger partial charge in [0.1, 0.15) is 5.69 Å². The number of nitrogens with one attached hydrogen (secondary N) is 1. The van der Waals surface area contributed by atoms with Crippen molar-refractivity contribution in [2.24, 2.45) is 0 Å². The third kappa shape index (κ3) is 3.33. The van der Waals surface area contributed by atoms with Crippen LogP contribution in [-0.4, -0.2) is 49.9 Å². The Bertz CT molecular complexity index is 1580. The van der Waals surface area contributed by atoms with E-state index < -0.39 is 11.6 Å². The van der Waals surface area contributed by atoms with Crippen LogP contribution in [0.15, 0.2) is 79.3 Å². The number of fused-ring (bicyclic) bond motifs is 3. The van der Waals surface area contributed by atoms with Crippen molar-refractivity contribution in [3.8, 4) is 39.4 Å². The van der Waals surface area contributed by atoms with Crippen LogP contribution >= 0.6 is 0 Å². The fourth-order valence-corrected chi connectivity index (χ4v) is 5.51. The van der Waals surface area contributed by atoms with Crippen molar-refractivity contribution in [3.63, 3.8) is 0 Å². The van der Waals surface area contributed by atoms with E-state index in [0.29, 0.717) is 29.0 Å². The average Bonchev–Trinajstić information content (AvgIpc) is 3.65. The first-order valence-corrected chi connectivity index (χ1v) is 12.0. The number of anilines is 1. The monoisotopic (exact) mass is 478 g/mol. The van der Waals surface area contributed by atoms with E-state index in [0.717, 1.165) is 35.5 Å². The van der Waals surface area contributed by atoms with Crippen molar-refractivity contribution >= 4 is 11.3 Å². The van der Waals surface area contributed by atoms with Crippen LogP contribution < -0.4 is 10.2 Å². The number of rotatable bonds is 4. The number of phenolic OH excluding ortho intramolecular Hbond substituents is 1. The van der Waals surface area contributed by atoms with Crippen molar-refractivity contribution in [3.05, 3.63) is 85.1 Å². The number of phenols is 1. The minimum atomic E-state index is -0.670. The van der Waals surface area contributed by atoms with Gasteiger partial charge in [-0.25, -0.2) is 13.9 Å². The lowest BCUT2D eigenvalue weighted by Crippen LogP contribution is -2.43. The molecule has 7 rings (SSSR count). The summed E-state index contributed by atoms with van der Waals surface area (Å²) in [5.41, 5.74) is 6.66. The molecule has 0 saturated carbocycles. The first kappa shape index (κ1) is 21.0. The number of halogens is 1. The molecule has 5 heterocycles. The Labute approximate surface area is 206 Å². The average molecular weight is 479 g/mol. The predicted molar refractivity (Wildman–Crippen MR) is 136 cm³/mol. The number of hydrogen-bond donors (Lipinski definition) is 2. The smallest absolute Gasteiger partial charge is 0.164 e. The van der Waals surface area contributed by atoms with E-state index in [2.05, 4.69) is 44.5 Å². The number of hydrogen-bond acceptors (Lipinski definition) is 6. The van der Waals surface area contributed by atoms with Crippen LogP contribution in [0.1, 0.15) is 6.42 Å². The maximum absolute atomic E-state index is 13.9. The number of aromatic hydroxyl groups is 1. The number of piperazine rings is 1. The van der Waals surface area contributed by atoms with Crippen LogP contribution in [0.5, 0.6) is 5.75 Å². The Kier molecular flexibility index (Phi) is 4.75. The fourth-order valence-electron chi connectivity index (χ4n) is 5.51. The third-order valence-electron chi connectivity index (χ3n) is 7.26. The molecule has 2 atom stereocenters. The summed E-state index contributed by atoms with van der Waals surface area (Å²) in [7, 11) is 0. The summed E-state index contributed by atoms with van der Waals surface area (Å²) in [6.07, 6.45) is 6.38. The molecule has 0 unspecified atom stereocenters. The van der Waals surface area contributed by atoms with Gasteiger partial charge in [-0.1, -0.05) is 18.2 Å². The molecule has 178 valence electrons. The molecule has 2 fully saturated rings. The van der Waals surface area contributed by atoms with Gasteiger partial charge in [0.2, 0.25) is 0 Å². The number of pyridine rings is 1. The lowest BCUT2D eigenvalue weighted by Gasteiger charge is -2.29. The molecule has 2 bridgehead atoms. The Morgan fingerprint density at radius 3 is 2.44 bits per heavy atom. The first-order chi connectivity index (χ1) is 17.7. The van der Waals surface area contributed by atoms with Gasteiger partial charge in [-0.2, -0.15) is 5.10 Å². The molecule has 0 spiro atoms. The largest absolute Gasteiger partial charge is 0.505 e. The molecule has 8 heteroatoms. The van der Waals surface area contributed by atoms with Crippen LogP contribution in [0.3, 0.4) is 0 Å². The molecule has 2 N–H and O–H groups in total. The van der Waals surface area contributed by atoms with E-state index in [9.17, 15) is 9.50 Å². The quantitative estimate of drug-likeness (QED) is 0.396. The molecule has 0 radical (unpaired) electrons. The lowest BCUT2D eigenvalue weighted by molar-refractivity contribution is 0.433. The molecule has 2 aromatic carbocycles. The van der Waals surface area contributed by atoms with E-state index in [-0.39, 0.29) is 0 Å². The topological polar surface area (TPSA) is 78.6 Å². The molecule has 3 aromatic heterocycles. The molecular formula is C28H23FN6O. The van der Waals surface area contributed by atoms with Gasteiger partial charge in [0.25, 0.3) is 0 Å². The molecule has 5 aromatic rings. The normalized spacial score (nSPS) is 18.9. The van der Waals surface area contributed by atoms with Crippen LogP contribution in [0.4, 0.5) is 10.1 Å². The summed E-state index contributed by atoms with van der Waals surface area (Å²) in [5, 5.41) is 18.6. The van der Waals surface area contributed by atoms with E-state index in [1.807, 2.05) is 22.7 Å². The maximum Gasteiger partial charge on any atom is 0.164 e. The second-order valence-corrected chi connectivity index (χ2v) is 9.39. The van der Waals surface area contributed by atoms with Crippen LogP contribution in [-0.2, 0) is 0 Å². The number of nitrogens with zero attached hydrogens (tertiary/aromatic N) is 5. The minimum Gasteiger partial charge on any atom is -0.505 e. The van der Waals surface area contributed by atoms with E-state index in [1.165, 1.54) is 24.2 Å². The SMILES string of the molecule is Oc1cc(-c2c(-c3ccncc3)nn3c(-c4ccc(N5C[C@H]6C[C@H]5CN6)cc4)ccnc23)ccc1F. The zero-order chi connectivity index (χ0) is 24.2. The Hall–Kier alpha value is -4.30. The maximum atomic E-state index is 13.9. The highest BCUT2D eigenvalue weighted by Crippen LogP contribution is 2.38. The van der Waals surface area contributed by atoms with Gasteiger partial charge in [0, 0.05) is 60.6 Å². The predicted octanol–water partition coefficient (Wildman–Crippen LogP) is 4.52. The summed E-state index contributed by atoms with van der Waals surface area (Å²) in [6, 6.07) is 19.8. The van der Waals surface area contributed by atoms with Crippen molar-refractivity contribution < 1.29 is 9.50 Å². The molecule has 2 saturated heterocycles. The van der Waals surface area contributed by atoms with Gasteiger partial charge in [0.05, 0.1) is 11.3 Å². The van der Waals surface area contributed by atoms with Crippen LogP contribution in [0.2, 0.25) is 0 Å². The standard InChI is InChI=1S/C28H23FN6O/c29-23-6-3-19(13-25(23)36)26-27(18-7-10-30-11-8-18)33-35-24(9-12-31-28(26)35)17-1-4-21(5-2-17)34-16-20-14-22(34)15-32-20/h1-13,20,22,32,36H,14-16H2/t20-,22+/m1/s1. The van der Waals surface area contributed by atoms with Gasteiger partial charge in [0.15, 0.2) is 17.2 Å². The lowest BCUT2D eigenvalue weighted by atomic mass is 10.0. The number of benzene rings is 2.